The molecule has 0 aromatic rings. The van der Waals surface area contributed by atoms with Crippen LogP contribution in [0, 0.1) is 0 Å². The molecular weight excluding hydrogens is 188 g/mol. The van der Waals surface area contributed by atoms with Crippen molar-refractivity contribution in [3.05, 3.63) is 0 Å². The fourth-order valence-corrected chi connectivity index (χ4v) is 2.09. The van der Waals surface area contributed by atoms with E-state index in [9.17, 15) is 4.79 Å². The Morgan fingerprint density at radius 1 is 1.40 bits per heavy atom. The first-order chi connectivity index (χ1) is 6.87. The molecule has 1 amide bonds. The number of amides is 1. The summed E-state index contributed by atoms with van der Waals surface area (Å²) in [5.41, 5.74) is 5.83. The van der Waals surface area contributed by atoms with Gasteiger partial charge in [-0.05, 0) is 33.1 Å². The van der Waals surface area contributed by atoms with E-state index in [1.165, 1.54) is 12.8 Å². The molecule has 0 unspecified atom stereocenters. The number of carbonyl (C=O) groups excluding carboxylic acids is 1. The quantitative estimate of drug-likeness (QED) is 0.748. The SMILES string of the molecule is CCC(C)(C)NC(=O)CC1(N)CCCC1. The topological polar surface area (TPSA) is 55.1 Å². The van der Waals surface area contributed by atoms with Crippen molar-refractivity contribution in [2.75, 3.05) is 0 Å². The highest BCUT2D eigenvalue weighted by molar-refractivity contribution is 5.78. The number of nitrogens with two attached hydrogens (primary N) is 1. The Balaban J connectivity index is 2.42. The number of hydrogen-bond acceptors (Lipinski definition) is 2. The molecule has 3 nitrogen and oxygen atoms in total. The predicted molar refractivity (Wildman–Crippen MR) is 62.5 cm³/mol. The summed E-state index contributed by atoms with van der Waals surface area (Å²) in [5.74, 6) is 0.103. The Morgan fingerprint density at radius 2 is 1.93 bits per heavy atom. The van der Waals surface area contributed by atoms with Crippen LogP contribution in [0.1, 0.15) is 59.3 Å². The molecule has 0 saturated heterocycles. The lowest BCUT2D eigenvalue weighted by atomic mass is 9.93. The van der Waals surface area contributed by atoms with E-state index in [0.717, 1.165) is 19.3 Å². The summed E-state index contributed by atoms with van der Waals surface area (Å²) in [6.07, 6.45) is 5.74. The van der Waals surface area contributed by atoms with Crippen LogP contribution in [-0.4, -0.2) is 17.0 Å². The average Bonchev–Trinajstić information content (AvgIpc) is 2.50. The molecule has 0 aromatic heterocycles. The summed E-state index contributed by atoms with van der Waals surface area (Å²) in [5, 5.41) is 3.04. The Labute approximate surface area is 92.8 Å². The minimum Gasteiger partial charge on any atom is -0.351 e. The zero-order valence-corrected chi connectivity index (χ0v) is 10.2. The maximum Gasteiger partial charge on any atom is 0.222 e. The van der Waals surface area contributed by atoms with Gasteiger partial charge in [0.2, 0.25) is 5.91 Å². The van der Waals surface area contributed by atoms with E-state index in [1.807, 2.05) is 13.8 Å². The molecule has 0 aliphatic heterocycles. The standard InChI is InChI=1S/C12H24N2O/c1-4-11(2,3)14-10(15)9-12(13)7-5-6-8-12/h4-9,13H2,1-3H3,(H,14,15). The van der Waals surface area contributed by atoms with Gasteiger partial charge in [-0.1, -0.05) is 19.8 Å². The molecule has 1 saturated carbocycles. The molecule has 0 radical (unpaired) electrons. The van der Waals surface area contributed by atoms with Crippen molar-refractivity contribution < 1.29 is 4.79 Å². The minimum absolute atomic E-state index is 0.103. The van der Waals surface area contributed by atoms with Crippen LogP contribution >= 0.6 is 0 Å². The van der Waals surface area contributed by atoms with Crippen LogP contribution in [0.4, 0.5) is 0 Å². The smallest absolute Gasteiger partial charge is 0.222 e. The van der Waals surface area contributed by atoms with Crippen LogP contribution in [0.5, 0.6) is 0 Å². The van der Waals surface area contributed by atoms with Crippen LogP contribution in [0.25, 0.3) is 0 Å². The van der Waals surface area contributed by atoms with Gasteiger partial charge in [0.1, 0.15) is 0 Å². The first-order valence-corrected chi connectivity index (χ1v) is 5.97. The summed E-state index contributed by atoms with van der Waals surface area (Å²) in [7, 11) is 0. The van der Waals surface area contributed by atoms with E-state index in [1.54, 1.807) is 0 Å². The molecule has 15 heavy (non-hydrogen) atoms. The van der Waals surface area contributed by atoms with Crippen molar-refractivity contribution in [2.45, 2.75) is 70.4 Å². The van der Waals surface area contributed by atoms with Gasteiger partial charge in [-0.25, -0.2) is 0 Å². The lowest BCUT2D eigenvalue weighted by Crippen LogP contribution is -2.48. The fourth-order valence-electron chi connectivity index (χ4n) is 2.09. The molecule has 0 heterocycles. The molecule has 1 fully saturated rings. The minimum atomic E-state index is -0.228. The molecule has 0 aromatic carbocycles. The van der Waals surface area contributed by atoms with Crippen molar-refractivity contribution >= 4 is 5.91 Å². The normalized spacial score (nSPS) is 20.3. The average molecular weight is 212 g/mol. The van der Waals surface area contributed by atoms with Crippen molar-refractivity contribution in [3.8, 4) is 0 Å². The van der Waals surface area contributed by atoms with E-state index in [2.05, 4.69) is 12.2 Å². The van der Waals surface area contributed by atoms with E-state index < -0.39 is 0 Å². The van der Waals surface area contributed by atoms with Gasteiger partial charge in [0, 0.05) is 17.5 Å². The molecule has 1 aliphatic rings. The lowest BCUT2D eigenvalue weighted by Gasteiger charge is -2.28. The van der Waals surface area contributed by atoms with Crippen LogP contribution in [0.15, 0.2) is 0 Å². The predicted octanol–water partition coefficient (Wildman–Crippen LogP) is 1.95. The van der Waals surface area contributed by atoms with Gasteiger partial charge < -0.3 is 11.1 Å². The summed E-state index contributed by atoms with van der Waals surface area (Å²) in [6.45, 7) is 6.17. The van der Waals surface area contributed by atoms with Crippen molar-refractivity contribution in [1.29, 1.82) is 0 Å². The van der Waals surface area contributed by atoms with Gasteiger partial charge >= 0.3 is 0 Å². The molecule has 0 atom stereocenters. The summed E-state index contributed by atoms with van der Waals surface area (Å²) >= 11 is 0. The van der Waals surface area contributed by atoms with Crippen LogP contribution in [-0.2, 0) is 4.79 Å². The second-order valence-corrected chi connectivity index (χ2v) is 5.53. The lowest BCUT2D eigenvalue weighted by molar-refractivity contribution is -0.123. The summed E-state index contributed by atoms with van der Waals surface area (Å²) in [6, 6.07) is 0. The van der Waals surface area contributed by atoms with Crippen molar-refractivity contribution in [1.82, 2.24) is 5.32 Å². The van der Waals surface area contributed by atoms with Crippen molar-refractivity contribution in [3.63, 3.8) is 0 Å². The number of nitrogens with one attached hydrogen (secondary N) is 1. The molecule has 0 bridgehead atoms. The second kappa shape index (κ2) is 4.52. The van der Waals surface area contributed by atoms with Gasteiger partial charge in [-0.2, -0.15) is 0 Å². The van der Waals surface area contributed by atoms with Crippen LogP contribution in [0.3, 0.4) is 0 Å². The fraction of sp³-hybridized carbons (Fsp3) is 0.917. The molecule has 0 spiro atoms. The Bertz CT molecular complexity index is 230. The van der Waals surface area contributed by atoms with E-state index in [4.69, 9.17) is 5.73 Å². The molecule has 88 valence electrons. The van der Waals surface area contributed by atoms with Gasteiger partial charge in [0.25, 0.3) is 0 Å². The van der Waals surface area contributed by atoms with E-state index in [-0.39, 0.29) is 17.0 Å². The highest BCUT2D eigenvalue weighted by atomic mass is 16.1. The Hall–Kier alpha value is -0.570. The zero-order valence-electron chi connectivity index (χ0n) is 10.2. The number of rotatable bonds is 4. The molecule has 3 heteroatoms. The maximum absolute atomic E-state index is 11.8. The van der Waals surface area contributed by atoms with Crippen LogP contribution < -0.4 is 11.1 Å². The molecule has 1 rings (SSSR count). The van der Waals surface area contributed by atoms with Crippen LogP contribution in [0.2, 0.25) is 0 Å². The monoisotopic (exact) mass is 212 g/mol. The second-order valence-electron chi connectivity index (χ2n) is 5.53. The first kappa shape index (κ1) is 12.5. The first-order valence-electron chi connectivity index (χ1n) is 5.97. The largest absolute Gasteiger partial charge is 0.351 e. The molecule has 3 N–H and O–H groups in total. The summed E-state index contributed by atoms with van der Waals surface area (Å²) < 4.78 is 0. The number of hydrogen-bond donors (Lipinski definition) is 2. The van der Waals surface area contributed by atoms with E-state index in [0.29, 0.717) is 6.42 Å². The Kier molecular flexibility index (Phi) is 3.77. The van der Waals surface area contributed by atoms with Gasteiger partial charge in [-0.3, -0.25) is 4.79 Å². The molecular formula is C12H24N2O. The highest BCUT2D eigenvalue weighted by Crippen LogP contribution is 2.30. The van der Waals surface area contributed by atoms with Gasteiger partial charge in [-0.15, -0.1) is 0 Å². The van der Waals surface area contributed by atoms with E-state index >= 15 is 0 Å². The van der Waals surface area contributed by atoms with Gasteiger partial charge in [0.05, 0.1) is 0 Å². The van der Waals surface area contributed by atoms with Crippen molar-refractivity contribution in [2.24, 2.45) is 5.73 Å². The third-order valence-corrected chi connectivity index (χ3v) is 3.47. The third-order valence-electron chi connectivity index (χ3n) is 3.47. The summed E-state index contributed by atoms with van der Waals surface area (Å²) in [4.78, 5) is 11.8. The molecule has 1 aliphatic carbocycles. The Morgan fingerprint density at radius 3 is 2.40 bits per heavy atom. The maximum atomic E-state index is 11.8. The number of carbonyl (C=O) groups is 1. The highest BCUT2D eigenvalue weighted by Gasteiger charge is 2.32. The third kappa shape index (κ3) is 3.82. The zero-order chi connectivity index (χ0) is 11.5. The van der Waals surface area contributed by atoms with Gasteiger partial charge in [0.15, 0.2) is 0 Å².